The maximum absolute atomic E-state index is 2.30. The lowest BCUT2D eigenvalue weighted by Crippen LogP contribution is -1.84. The molecular weight excluding hydrogens is 240 g/mol. The predicted molar refractivity (Wildman–Crippen MR) is 90.4 cm³/mol. The van der Waals surface area contributed by atoms with Crippen molar-refractivity contribution in [3.8, 4) is 0 Å². The largest absolute Gasteiger partial charge is 0.0776 e. The lowest BCUT2D eigenvalue weighted by molar-refractivity contribution is 1.56. The predicted octanol–water partition coefficient (Wildman–Crippen LogP) is 6.09. The maximum atomic E-state index is 2.30. The van der Waals surface area contributed by atoms with Crippen LogP contribution in [0.15, 0.2) is 66.7 Å². The molecule has 0 atom stereocenters. The van der Waals surface area contributed by atoms with Crippen molar-refractivity contribution in [2.24, 2.45) is 0 Å². The molecule has 0 aliphatic rings. The smallest absolute Gasteiger partial charge is 0.00266 e. The molecule has 0 N–H and O–H groups in total. The van der Waals surface area contributed by atoms with E-state index < -0.39 is 0 Å². The molecule has 0 spiro atoms. The Kier molecular flexibility index (Phi) is 2.94. The average molecular weight is 258 g/mol. The van der Waals surface area contributed by atoms with Crippen LogP contribution in [0.5, 0.6) is 0 Å². The van der Waals surface area contributed by atoms with E-state index in [0.29, 0.717) is 0 Å². The van der Waals surface area contributed by atoms with Gasteiger partial charge in [0, 0.05) is 0 Å². The second kappa shape index (κ2) is 4.64. The van der Waals surface area contributed by atoms with E-state index in [4.69, 9.17) is 0 Å². The van der Waals surface area contributed by atoms with Crippen LogP contribution in [0.2, 0.25) is 0 Å². The Bertz CT molecular complexity index is 917. The van der Waals surface area contributed by atoms with Gasteiger partial charge in [-0.2, -0.15) is 0 Å². The van der Waals surface area contributed by atoms with Crippen molar-refractivity contribution in [3.63, 3.8) is 0 Å². The van der Waals surface area contributed by atoms with Crippen molar-refractivity contribution in [1.29, 1.82) is 0 Å². The van der Waals surface area contributed by atoms with E-state index >= 15 is 0 Å². The van der Waals surface area contributed by atoms with Gasteiger partial charge >= 0.3 is 0 Å². The van der Waals surface area contributed by atoms with Crippen molar-refractivity contribution >= 4 is 32.3 Å². The van der Waals surface area contributed by atoms with E-state index in [-0.39, 0.29) is 7.43 Å². The van der Waals surface area contributed by atoms with Gasteiger partial charge in [0.1, 0.15) is 0 Å². The minimum absolute atomic E-state index is 0. The van der Waals surface area contributed by atoms with Crippen LogP contribution in [0.25, 0.3) is 32.3 Å². The highest BCUT2D eigenvalue weighted by molar-refractivity contribution is 6.20. The molecule has 0 aliphatic heterocycles. The Morgan fingerprint density at radius 3 is 2.00 bits per heavy atom. The van der Waals surface area contributed by atoms with E-state index in [1.165, 1.54) is 37.9 Å². The molecular formula is C20H18. The van der Waals surface area contributed by atoms with Crippen LogP contribution in [0.1, 0.15) is 13.0 Å². The topological polar surface area (TPSA) is 0 Å². The van der Waals surface area contributed by atoms with Gasteiger partial charge in [-0.1, -0.05) is 74.2 Å². The first-order valence-electron chi connectivity index (χ1n) is 6.64. The van der Waals surface area contributed by atoms with Crippen LogP contribution in [0, 0.1) is 6.92 Å². The van der Waals surface area contributed by atoms with Gasteiger partial charge in [-0.15, -0.1) is 0 Å². The molecule has 4 aromatic rings. The summed E-state index contributed by atoms with van der Waals surface area (Å²) < 4.78 is 0. The summed E-state index contributed by atoms with van der Waals surface area (Å²) in [4.78, 5) is 0. The van der Waals surface area contributed by atoms with Crippen molar-refractivity contribution in [2.45, 2.75) is 14.4 Å². The van der Waals surface area contributed by atoms with Gasteiger partial charge in [0.25, 0.3) is 0 Å². The Morgan fingerprint density at radius 2 is 1.20 bits per heavy atom. The zero-order chi connectivity index (χ0) is 12.8. The first kappa shape index (κ1) is 12.7. The van der Waals surface area contributed by atoms with Crippen LogP contribution in [-0.2, 0) is 0 Å². The number of hydrogen-bond acceptors (Lipinski definition) is 0. The molecule has 4 aromatic carbocycles. The fourth-order valence-corrected chi connectivity index (χ4v) is 3.07. The van der Waals surface area contributed by atoms with Crippen LogP contribution >= 0.6 is 0 Å². The van der Waals surface area contributed by atoms with Crippen molar-refractivity contribution in [3.05, 3.63) is 72.3 Å². The van der Waals surface area contributed by atoms with Crippen molar-refractivity contribution < 1.29 is 0 Å². The molecule has 0 saturated heterocycles. The average Bonchev–Trinajstić information content (AvgIpc) is 2.47. The van der Waals surface area contributed by atoms with Gasteiger partial charge in [0.05, 0.1) is 0 Å². The van der Waals surface area contributed by atoms with Crippen molar-refractivity contribution in [1.82, 2.24) is 0 Å². The maximum Gasteiger partial charge on any atom is -0.00266 e. The van der Waals surface area contributed by atoms with Gasteiger partial charge in [0.2, 0.25) is 0 Å². The first-order chi connectivity index (χ1) is 9.34. The number of hydrogen-bond donors (Lipinski definition) is 0. The third-order valence-electron chi connectivity index (χ3n) is 3.95. The molecule has 0 heteroatoms. The fraction of sp³-hybridized carbons (Fsp3) is 0.100. The molecule has 0 aromatic heterocycles. The summed E-state index contributed by atoms with van der Waals surface area (Å²) in [7, 11) is 0. The summed E-state index contributed by atoms with van der Waals surface area (Å²) in [5.74, 6) is 0. The number of aryl methyl sites for hydroxylation is 1. The highest BCUT2D eigenvalue weighted by Crippen LogP contribution is 2.33. The van der Waals surface area contributed by atoms with Gasteiger partial charge in [-0.3, -0.25) is 0 Å². The highest BCUT2D eigenvalue weighted by Gasteiger charge is 2.06. The standard InChI is InChI=1S/C19H14.CH4/c1-13-12-15-11-10-14-6-2-3-8-17(14)19(15)18-9-5-4-7-16(13)18;/h2-12H,1H3;1H4. The molecule has 0 radical (unpaired) electrons. The Labute approximate surface area is 119 Å². The normalized spacial score (nSPS) is 10.8. The summed E-state index contributed by atoms with van der Waals surface area (Å²) in [5, 5.41) is 8.06. The summed E-state index contributed by atoms with van der Waals surface area (Å²) in [6.07, 6.45) is 0. The summed E-state index contributed by atoms with van der Waals surface area (Å²) >= 11 is 0. The number of rotatable bonds is 0. The van der Waals surface area contributed by atoms with E-state index in [1.54, 1.807) is 0 Å². The van der Waals surface area contributed by atoms with E-state index in [9.17, 15) is 0 Å². The van der Waals surface area contributed by atoms with Gasteiger partial charge in [0.15, 0.2) is 0 Å². The number of fused-ring (bicyclic) bond motifs is 5. The molecule has 0 amide bonds. The minimum atomic E-state index is 0. The van der Waals surface area contributed by atoms with Crippen LogP contribution in [-0.4, -0.2) is 0 Å². The second-order valence-electron chi connectivity index (χ2n) is 5.12. The fourth-order valence-electron chi connectivity index (χ4n) is 3.07. The zero-order valence-corrected chi connectivity index (χ0v) is 10.9. The van der Waals surface area contributed by atoms with Crippen LogP contribution in [0.4, 0.5) is 0 Å². The first-order valence-corrected chi connectivity index (χ1v) is 6.64. The monoisotopic (exact) mass is 258 g/mol. The summed E-state index contributed by atoms with van der Waals surface area (Å²) in [5.41, 5.74) is 1.35. The van der Waals surface area contributed by atoms with Gasteiger partial charge in [-0.05, 0) is 44.8 Å². The molecule has 0 saturated carbocycles. The third-order valence-corrected chi connectivity index (χ3v) is 3.95. The van der Waals surface area contributed by atoms with Crippen LogP contribution in [0.3, 0.4) is 0 Å². The zero-order valence-electron chi connectivity index (χ0n) is 10.9. The molecule has 0 nitrogen and oxygen atoms in total. The summed E-state index contributed by atoms with van der Waals surface area (Å²) in [6, 6.07) is 24.1. The molecule has 0 aliphatic carbocycles. The van der Waals surface area contributed by atoms with Crippen LogP contribution < -0.4 is 0 Å². The van der Waals surface area contributed by atoms with E-state index in [1.807, 2.05) is 0 Å². The highest BCUT2D eigenvalue weighted by atomic mass is 14.1. The molecule has 0 unspecified atom stereocenters. The molecule has 20 heavy (non-hydrogen) atoms. The lowest BCUT2D eigenvalue weighted by Gasteiger charge is -2.10. The summed E-state index contributed by atoms with van der Waals surface area (Å²) in [6.45, 7) is 2.19. The lowest BCUT2D eigenvalue weighted by atomic mass is 9.94. The van der Waals surface area contributed by atoms with Crippen molar-refractivity contribution in [2.75, 3.05) is 0 Å². The Balaban J connectivity index is 0.00000121. The Hall–Kier alpha value is -2.34. The molecule has 0 bridgehead atoms. The SMILES string of the molecule is C.Cc1cc2ccc3ccccc3c2c2ccccc12. The van der Waals surface area contributed by atoms with Gasteiger partial charge in [-0.25, -0.2) is 0 Å². The molecule has 4 rings (SSSR count). The minimum Gasteiger partial charge on any atom is -0.0776 e. The Morgan fingerprint density at radius 1 is 0.600 bits per heavy atom. The van der Waals surface area contributed by atoms with E-state index in [0.717, 1.165) is 0 Å². The van der Waals surface area contributed by atoms with Gasteiger partial charge < -0.3 is 0 Å². The molecule has 0 heterocycles. The number of benzene rings is 4. The quantitative estimate of drug-likeness (QED) is 0.335. The molecule has 0 fully saturated rings. The molecule has 98 valence electrons. The third kappa shape index (κ3) is 1.69. The van der Waals surface area contributed by atoms with E-state index in [2.05, 4.69) is 73.7 Å². The second-order valence-corrected chi connectivity index (χ2v) is 5.12.